The van der Waals surface area contributed by atoms with Gasteiger partial charge in [-0.1, -0.05) is 6.07 Å². The fraction of sp³-hybridized carbons (Fsp3) is 0.0476. The number of aryl methyl sites for hydroxylation is 1. The van der Waals surface area contributed by atoms with E-state index in [0.29, 0.717) is 40.3 Å². The van der Waals surface area contributed by atoms with E-state index in [0.717, 1.165) is 16.6 Å². The second-order valence-corrected chi connectivity index (χ2v) is 6.88. The first kappa shape index (κ1) is 17.3. The third kappa shape index (κ3) is 2.89. The van der Waals surface area contributed by atoms with Gasteiger partial charge >= 0.3 is 0 Å². The van der Waals surface area contributed by atoms with E-state index in [-0.39, 0.29) is 0 Å². The van der Waals surface area contributed by atoms with Crippen LogP contribution in [0.15, 0.2) is 65.9 Å². The zero-order valence-electron chi connectivity index (χ0n) is 16.3. The van der Waals surface area contributed by atoms with Crippen LogP contribution in [0.4, 0.5) is 11.8 Å². The minimum atomic E-state index is 0.372. The topological polar surface area (TPSA) is 123 Å². The van der Waals surface area contributed by atoms with Crippen molar-refractivity contribution in [2.75, 3.05) is 5.32 Å². The summed E-state index contributed by atoms with van der Waals surface area (Å²) in [4.78, 5) is 30.1. The normalized spacial score (nSPS) is 11.4. The molecule has 0 spiro atoms. The number of hydrogen-bond donors (Lipinski definition) is 2. The van der Waals surface area contributed by atoms with Crippen LogP contribution in [0.3, 0.4) is 0 Å². The fourth-order valence-electron chi connectivity index (χ4n) is 3.51. The molecule has 0 radical (unpaired) electrons. The Bertz CT molecular complexity index is 1530. The summed E-state index contributed by atoms with van der Waals surface area (Å²) < 4.78 is 7.25. The molecule has 150 valence electrons. The maximum atomic E-state index is 5.29. The number of fused-ring (bicyclic) bond motifs is 2. The molecule has 10 nitrogen and oxygen atoms in total. The van der Waals surface area contributed by atoms with Gasteiger partial charge in [0.1, 0.15) is 17.8 Å². The highest BCUT2D eigenvalue weighted by Crippen LogP contribution is 2.29. The van der Waals surface area contributed by atoms with Gasteiger partial charge in [-0.2, -0.15) is 0 Å². The highest BCUT2D eigenvalue weighted by atomic mass is 16.4. The first-order valence-corrected chi connectivity index (χ1v) is 9.54. The first-order valence-electron chi connectivity index (χ1n) is 9.54. The lowest BCUT2D eigenvalue weighted by atomic mass is 10.3. The third-order valence-electron chi connectivity index (χ3n) is 4.88. The molecule has 6 rings (SSSR count). The first-order chi connectivity index (χ1) is 15.3. The smallest absolute Gasteiger partial charge is 0.300 e. The Kier molecular flexibility index (Phi) is 3.75. The molecule has 0 amide bonds. The van der Waals surface area contributed by atoms with Gasteiger partial charge in [-0.05, 0) is 31.2 Å². The second kappa shape index (κ2) is 6.73. The van der Waals surface area contributed by atoms with E-state index < -0.39 is 0 Å². The van der Waals surface area contributed by atoms with Gasteiger partial charge in [0.25, 0.3) is 6.01 Å². The summed E-state index contributed by atoms with van der Waals surface area (Å²) in [5.74, 6) is 1.80. The number of pyridine rings is 2. The van der Waals surface area contributed by atoms with Gasteiger partial charge in [-0.15, -0.1) is 0 Å². The summed E-state index contributed by atoms with van der Waals surface area (Å²) in [6.45, 7) is 1.94. The monoisotopic (exact) mass is 409 g/mol. The molecule has 0 aliphatic rings. The number of anilines is 2. The van der Waals surface area contributed by atoms with Crippen molar-refractivity contribution >= 4 is 33.9 Å². The summed E-state index contributed by atoms with van der Waals surface area (Å²) in [5.41, 5.74) is 3.79. The van der Waals surface area contributed by atoms with E-state index in [9.17, 15) is 0 Å². The molecule has 6 aromatic rings. The van der Waals surface area contributed by atoms with Gasteiger partial charge in [0.2, 0.25) is 0 Å². The molecule has 6 heterocycles. The van der Waals surface area contributed by atoms with Crippen molar-refractivity contribution in [3.8, 4) is 17.3 Å². The van der Waals surface area contributed by atoms with Crippen LogP contribution in [0.1, 0.15) is 5.69 Å². The Morgan fingerprint density at radius 2 is 1.97 bits per heavy atom. The number of nitrogens with one attached hydrogen (secondary N) is 2. The maximum absolute atomic E-state index is 5.29. The Morgan fingerprint density at radius 1 is 1.00 bits per heavy atom. The number of H-pyrrole nitrogens is 1. The van der Waals surface area contributed by atoms with Crippen LogP contribution in [0.2, 0.25) is 0 Å². The summed E-state index contributed by atoms with van der Waals surface area (Å²) in [6, 6.07) is 10.0. The van der Waals surface area contributed by atoms with Crippen molar-refractivity contribution in [2.45, 2.75) is 6.92 Å². The molecule has 0 bridgehead atoms. The number of oxazole rings is 1. The van der Waals surface area contributed by atoms with Crippen molar-refractivity contribution in [3.05, 3.63) is 67.2 Å². The lowest BCUT2D eigenvalue weighted by Gasteiger charge is -2.09. The quantitative estimate of drug-likeness (QED) is 0.451. The lowest BCUT2D eigenvalue weighted by molar-refractivity contribution is 0.577. The standard InChI is InChI=1S/C21H15N9O/c1-12-3-2-4-14(26-12)18-27-19-16(24-11-25-19)20(28-18)30-9-6-13-15(30)5-7-22-17(13)29-21-23-8-10-31-21/h2-11H,1H3,(H,22,23,29)(H,24,25,27,28). The van der Waals surface area contributed by atoms with E-state index in [2.05, 4.69) is 35.2 Å². The van der Waals surface area contributed by atoms with Crippen LogP contribution in [0.5, 0.6) is 0 Å². The molecule has 2 N–H and O–H groups in total. The Labute approximate surface area is 175 Å². The van der Waals surface area contributed by atoms with Gasteiger partial charge in [0, 0.05) is 23.5 Å². The molecule has 0 aliphatic heterocycles. The highest BCUT2D eigenvalue weighted by Gasteiger charge is 2.17. The van der Waals surface area contributed by atoms with E-state index in [4.69, 9.17) is 9.40 Å². The van der Waals surface area contributed by atoms with Gasteiger partial charge in [-0.25, -0.2) is 29.9 Å². The summed E-state index contributed by atoms with van der Waals surface area (Å²) in [5, 5.41) is 3.99. The summed E-state index contributed by atoms with van der Waals surface area (Å²) >= 11 is 0. The van der Waals surface area contributed by atoms with Gasteiger partial charge in [-0.3, -0.25) is 9.88 Å². The number of nitrogens with zero attached hydrogens (tertiary/aromatic N) is 7. The third-order valence-corrected chi connectivity index (χ3v) is 4.88. The Hall–Kier alpha value is -4.60. The summed E-state index contributed by atoms with van der Waals surface area (Å²) in [7, 11) is 0. The average molecular weight is 409 g/mol. The van der Waals surface area contributed by atoms with Crippen LogP contribution in [0.25, 0.3) is 39.4 Å². The second-order valence-electron chi connectivity index (χ2n) is 6.88. The number of aromatic nitrogens is 8. The predicted octanol–water partition coefficient (Wildman–Crippen LogP) is 3.79. The average Bonchev–Trinajstić information content (AvgIpc) is 3.54. The van der Waals surface area contributed by atoms with Gasteiger partial charge < -0.3 is 9.40 Å². The van der Waals surface area contributed by atoms with Crippen LogP contribution in [-0.4, -0.2) is 39.5 Å². The van der Waals surface area contributed by atoms with Crippen molar-refractivity contribution < 1.29 is 4.42 Å². The van der Waals surface area contributed by atoms with Gasteiger partial charge in [0.15, 0.2) is 22.8 Å². The minimum absolute atomic E-state index is 0.372. The zero-order valence-corrected chi connectivity index (χ0v) is 16.3. The minimum Gasteiger partial charge on any atom is -0.432 e. The molecule has 0 saturated heterocycles. The SMILES string of the molecule is Cc1cccc(-c2nc(-n3ccc4c(Nc5ncco5)nccc43)c3nc[nH]c3n2)n1. The lowest BCUT2D eigenvalue weighted by Crippen LogP contribution is -2.03. The largest absolute Gasteiger partial charge is 0.432 e. The molecule has 31 heavy (non-hydrogen) atoms. The zero-order chi connectivity index (χ0) is 20.8. The molecule has 10 heteroatoms. The maximum Gasteiger partial charge on any atom is 0.300 e. The molecule has 6 aromatic heterocycles. The molecular weight excluding hydrogens is 394 g/mol. The van der Waals surface area contributed by atoms with Crippen LogP contribution in [-0.2, 0) is 0 Å². The molecule has 0 unspecified atom stereocenters. The van der Waals surface area contributed by atoms with Crippen LogP contribution >= 0.6 is 0 Å². The number of aromatic amines is 1. The van der Waals surface area contributed by atoms with Crippen molar-refractivity contribution in [1.29, 1.82) is 0 Å². The van der Waals surface area contributed by atoms with Gasteiger partial charge in [0.05, 0.1) is 18.0 Å². The van der Waals surface area contributed by atoms with Crippen LogP contribution in [0, 0.1) is 6.92 Å². The molecule has 0 atom stereocenters. The number of rotatable bonds is 4. The van der Waals surface area contributed by atoms with Crippen molar-refractivity contribution in [1.82, 2.24) is 39.5 Å². The molecule has 0 fully saturated rings. The number of hydrogen-bond acceptors (Lipinski definition) is 8. The van der Waals surface area contributed by atoms with E-state index in [1.54, 1.807) is 18.7 Å². The highest BCUT2D eigenvalue weighted by molar-refractivity contribution is 5.93. The number of imidazole rings is 1. The molecule has 0 aromatic carbocycles. The van der Waals surface area contributed by atoms with Crippen molar-refractivity contribution in [3.63, 3.8) is 0 Å². The molecular formula is C21H15N9O. The fourth-order valence-corrected chi connectivity index (χ4v) is 3.51. The van der Waals surface area contributed by atoms with E-state index in [1.807, 2.05) is 48.0 Å². The predicted molar refractivity (Wildman–Crippen MR) is 114 cm³/mol. The molecule has 0 saturated carbocycles. The van der Waals surface area contributed by atoms with Crippen molar-refractivity contribution in [2.24, 2.45) is 0 Å². The Morgan fingerprint density at radius 3 is 2.84 bits per heavy atom. The molecule has 0 aliphatic carbocycles. The van der Waals surface area contributed by atoms with E-state index in [1.165, 1.54) is 6.26 Å². The van der Waals surface area contributed by atoms with E-state index >= 15 is 0 Å². The summed E-state index contributed by atoms with van der Waals surface area (Å²) in [6.07, 6.45) is 8.33. The Balaban J connectivity index is 1.54. The van der Waals surface area contributed by atoms with Crippen LogP contribution < -0.4 is 5.32 Å².